The van der Waals surface area contributed by atoms with Gasteiger partial charge in [0.15, 0.2) is 40.3 Å². The lowest BCUT2D eigenvalue weighted by Gasteiger charge is -2.32. The van der Waals surface area contributed by atoms with E-state index in [4.69, 9.17) is 54.7 Å². The zero-order valence-corrected chi connectivity index (χ0v) is 55.6. The average molecular weight is 1320 g/mol. The molecule has 0 radical (unpaired) electrons. The van der Waals surface area contributed by atoms with Gasteiger partial charge in [0.25, 0.3) is 0 Å². The van der Waals surface area contributed by atoms with Crippen LogP contribution in [0.5, 0.6) is 0 Å². The predicted molar refractivity (Wildman–Crippen MR) is 405 cm³/mol. The van der Waals surface area contributed by atoms with E-state index in [0.29, 0.717) is 40.9 Å². The summed E-state index contributed by atoms with van der Waals surface area (Å²) in [7, 11) is -0.409. The Morgan fingerprint density at radius 1 is 0.280 bits per heavy atom. The van der Waals surface area contributed by atoms with Crippen LogP contribution in [0.4, 0.5) is 0 Å². The first-order chi connectivity index (χ1) is 48.9. The van der Waals surface area contributed by atoms with Crippen LogP contribution < -0.4 is 5.46 Å². The van der Waals surface area contributed by atoms with Crippen LogP contribution in [0.3, 0.4) is 0 Å². The third kappa shape index (κ3) is 11.8. The van der Waals surface area contributed by atoms with Gasteiger partial charge in [-0.2, -0.15) is 9.97 Å². The van der Waals surface area contributed by atoms with Crippen LogP contribution >= 0.6 is 11.6 Å². The van der Waals surface area contributed by atoms with Crippen molar-refractivity contribution in [1.29, 1.82) is 0 Å². The van der Waals surface area contributed by atoms with Crippen molar-refractivity contribution in [2.24, 2.45) is 0 Å². The van der Waals surface area contributed by atoms with E-state index in [1.54, 1.807) is 0 Å². The molecule has 14 aromatic carbocycles. The quantitative estimate of drug-likeness (QED) is 0.105. The van der Waals surface area contributed by atoms with Crippen LogP contribution in [0, 0.1) is 0 Å². The summed E-state index contributed by atoms with van der Waals surface area (Å²) in [4.78, 5) is 37.7. The van der Waals surface area contributed by atoms with Crippen molar-refractivity contribution in [2.45, 2.75) is 38.9 Å². The van der Waals surface area contributed by atoms with Crippen molar-refractivity contribution < 1.29 is 18.1 Å². The highest BCUT2D eigenvalue weighted by Gasteiger charge is 2.51. The Balaban J connectivity index is 0.000000119. The molecule has 100 heavy (non-hydrogen) atoms. The predicted octanol–water partition coefficient (Wildman–Crippen LogP) is 21.3. The summed E-state index contributed by atoms with van der Waals surface area (Å²) in [5.41, 5.74) is 10.0. The van der Waals surface area contributed by atoms with Crippen LogP contribution in [-0.2, 0) is 9.31 Å². The van der Waals surface area contributed by atoms with E-state index in [0.717, 1.165) is 120 Å². The van der Waals surface area contributed by atoms with E-state index in [1.807, 2.05) is 158 Å². The van der Waals surface area contributed by atoms with Gasteiger partial charge < -0.3 is 18.1 Å². The summed E-state index contributed by atoms with van der Waals surface area (Å²) < 4.78 is 25.4. The second-order valence-corrected chi connectivity index (χ2v) is 26.2. The van der Waals surface area contributed by atoms with E-state index in [9.17, 15) is 0 Å². The second-order valence-electron chi connectivity index (χ2n) is 25.8. The molecule has 0 spiro atoms. The zero-order valence-electron chi connectivity index (χ0n) is 54.9. The van der Waals surface area contributed by atoms with Crippen molar-refractivity contribution >= 4 is 111 Å². The molecule has 4 aromatic heterocycles. The molecule has 18 aromatic rings. The van der Waals surface area contributed by atoms with E-state index in [2.05, 4.69) is 176 Å². The van der Waals surface area contributed by atoms with Gasteiger partial charge in [-0.25, -0.2) is 29.9 Å². The van der Waals surface area contributed by atoms with Gasteiger partial charge in [-0.15, -0.1) is 0 Å². The van der Waals surface area contributed by atoms with Gasteiger partial charge in [0.1, 0.15) is 11.0 Å². The molecule has 1 aliphatic heterocycles. The Bertz CT molecular complexity index is 6140. The third-order valence-electron chi connectivity index (χ3n) is 18.9. The minimum Gasteiger partial charge on any atom is -0.435 e. The normalized spacial score (nSPS) is 13.3. The molecule has 478 valence electrons. The molecule has 14 heteroatoms. The monoisotopic (exact) mass is 1310 g/mol. The summed E-state index contributed by atoms with van der Waals surface area (Å²) in [6.45, 7) is 8.30. The zero-order chi connectivity index (χ0) is 67.5. The van der Waals surface area contributed by atoms with Crippen LogP contribution in [0.1, 0.15) is 27.7 Å². The smallest absolute Gasteiger partial charge is 0.435 e. The lowest BCUT2D eigenvalue weighted by atomic mass is 9.78. The number of nitrogens with zero attached hydrogens (tertiary/aromatic N) is 8. The second kappa shape index (κ2) is 25.4. The van der Waals surface area contributed by atoms with E-state index < -0.39 is 7.12 Å². The van der Waals surface area contributed by atoms with Crippen LogP contribution in [0.15, 0.2) is 300 Å². The topological polar surface area (TPSA) is 148 Å². The molecule has 0 atom stereocenters. The van der Waals surface area contributed by atoms with Crippen LogP contribution in [-0.4, -0.2) is 58.2 Å². The molecule has 0 amide bonds. The van der Waals surface area contributed by atoms with Crippen molar-refractivity contribution in [3.63, 3.8) is 0 Å². The van der Waals surface area contributed by atoms with Gasteiger partial charge in [0, 0.05) is 49.7 Å². The average Bonchev–Trinajstić information content (AvgIpc) is 1.46. The molecule has 1 saturated heterocycles. The minimum atomic E-state index is -0.409. The van der Waals surface area contributed by atoms with Gasteiger partial charge in [-0.05, 0) is 153 Å². The number of fused-ring (bicyclic) bond motifs is 12. The summed E-state index contributed by atoms with van der Waals surface area (Å²) in [6.07, 6.45) is 0. The number of hydrogen-bond acceptors (Lipinski definition) is 12. The minimum absolute atomic E-state index is 0.196. The largest absolute Gasteiger partial charge is 0.494 e. The fourth-order valence-electron chi connectivity index (χ4n) is 12.9. The molecule has 0 unspecified atom stereocenters. The highest BCUT2D eigenvalue weighted by Crippen LogP contribution is 2.41. The maximum Gasteiger partial charge on any atom is 0.494 e. The Hall–Kier alpha value is -12.1. The highest BCUT2D eigenvalue weighted by atomic mass is 35.5. The summed E-state index contributed by atoms with van der Waals surface area (Å²) >= 11 is 6.11. The Labute approximate surface area is 580 Å². The SMILES string of the molecule is CC1(C)OB(c2ccc3ccc4ccc5nc(-c6ccccc6)oc5c4c3c2)OC1(C)C.Clc1nc(-c2ccccc2)nc(-c2ccc3ccccc3c2)n1.c1ccc(-c2nc(-c3ccc4ccccc4c3)nc(-c3ccc4ccc5ccc6nc(-c7ccccc7)oc6c5c4c3)n2)cc1. The number of benzene rings is 14. The van der Waals surface area contributed by atoms with Gasteiger partial charge in [-0.1, -0.05) is 237 Å². The number of rotatable bonds is 8. The summed E-state index contributed by atoms with van der Waals surface area (Å²) in [5.74, 6) is 4.27. The molecule has 0 aliphatic carbocycles. The molecular formula is C86H60BClN8O4. The Morgan fingerprint density at radius 3 is 1.07 bits per heavy atom. The molecule has 1 fully saturated rings. The van der Waals surface area contributed by atoms with E-state index >= 15 is 0 Å². The lowest BCUT2D eigenvalue weighted by Crippen LogP contribution is -2.41. The standard InChI is InChI=1S/C40H24N4O.C27H24BNO3.C19H12ClN3/c1-3-10-28(11-4-1)37-42-38(31-19-15-25-9-7-8-14-30(25)23-31)44-39(43-37)32-20-17-26-16-18-27-21-22-34-36(35(27)33(26)24-32)45-40(41-34)29-12-5-2-6-13-29;1-26(2)27(3,4)32-28(31-26)20-14-12-17-10-11-18-13-15-22-24(23(18)21(17)16-20)30-25(29-22)19-8-6-5-7-9-19;20-19-22-17(14-7-2-1-3-8-14)21-18(23-19)16-11-10-13-6-4-5-9-15(13)12-16/h1-24H;5-16H,1-4H3;1-12H. The van der Waals surface area contributed by atoms with E-state index in [-0.39, 0.29) is 16.5 Å². The van der Waals surface area contributed by atoms with Gasteiger partial charge in [0.2, 0.25) is 17.1 Å². The number of oxazole rings is 2. The molecule has 0 saturated carbocycles. The van der Waals surface area contributed by atoms with E-state index in [1.165, 1.54) is 10.8 Å². The van der Waals surface area contributed by atoms with Crippen molar-refractivity contribution in [3.8, 4) is 79.8 Å². The van der Waals surface area contributed by atoms with Crippen molar-refractivity contribution in [3.05, 3.63) is 296 Å². The molecular weight excluding hydrogens is 1260 g/mol. The molecule has 0 N–H and O–H groups in total. The number of halogens is 1. The Kier molecular flexibility index (Phi) is 15.6. The fraction of sp³-hybridized carbons (Fsp3) is 0.0698. The lowest BCUT2D eigenvalue weighted by molar-refractivity contribution is 0.00578. The van der Waals surface area contributed by atoms with Crippen molar-refractivity contribution in [1.82, 2.24) is 39.9 Å². The van der Waals surface area contributed by atoms with Crippen LogP contribution in [0.2, 0.25) is 5.28 Å². The fourth-order valence-corrected chi connectivity index (χ4v) is 13.1. The van der Waals surface area contributed by atoms with Gasteiger partial charge in [-0.3, -0.25) is 0 Å². The first kappa shape index (κ1) is 61.5. The first-order valence-corrected chi connectivity index (χ1v) is 33.5. The van der Waals surface area contributed by atoms with Gasteiger partial charge >= 0.3 is 7.12 Å². The molecule has 19 rings (SSSR count). The van der Waals surface area contributed by atoms with Crippen molar-refractivity contribution in [2.75, 3.05) is 0 Å². The maximum absolute atomic E-state index is 6.46. The third-order valence-corrected chi connectivity index (χ3v) is 19.1. The summed E-state index contributed by atoms with van der Waals surface area (Å²) in [5, 5.41) is 13.5. The number of hydrogen-bond donors (Lipinski definition) is 0. The highest BCUT2D eigenvalue weighted by molar-refractivity contribution is 6.62. The molecule has 1 aliphatic rings. The Morgan fingerprint density at radius 2 is 0.610 bits per heavy atom. The summed E-state index contributed by atoms with van der Waals surface area (Å²) in [6, 6.07) is 98.4. The van der Waals surface area contributed by atoms with Crippen LogP contribution in [0.25, 0.3) is 167 Å². The molecule has 12 nitrogen and oxygen atoms in total. The first-order valence-electron chi connectivity index (χ1n) is 33.1. The number of aromatic nitrogens is 8. The maximum atomic E-state index is 6.46. The van der Waals surface area contributed by atoms with Gasteiger partial charge in [0.05, 0.1) is 11.2 Å². The molecule has 5 heterocycles. The molecule has 0 bridgehead atoms.